The molecule has 7 nitrogen and oxygen atoms in total. The Labute approximate surface area is 203 Å². The minimum absolute atomic E-state index is 0.0190. The zero-order valence-corrected chi connectivity index (χ0v) is 19.7. The fourth-order valence-corrected chi connectivity index (χ4v) is 4.00. The molecule has 0 saturated carbocycles. The summed E-state index contributed by atoms with van der Waals surface area (Å²) in [5.41, 5.74) is 2.90. The van der Waals surface area contributed by atoms with E-state index in [2.05, 4.69) is 0 Å². The van der Waals surface area contributed by atoms with Crippen molar-refractivity contribution in [3.63, 3.8) is 0 Å². The molecule has 2 amide bonds. The van der Waals surface area contributed by atoms with Crippen LogP contribution in [0.25, 0.3) is 0 Å². The van der Waals surface area contributed by atoms with Gasteiger partial charge in [0.15, 0.2) is 6.10 Å². The number of fused-ring (bicyclic) bond motifs is 1. The molecule has 0 bridgehead atoms. The van der Waals surface area contributed by atoms with Crippen LogP contribution in [0.3, 0.4) is 0 Å². The lowest BCUT2D eigenvalue weighted by molar-refractivity contribution is 0.0315. The molecular formula is C28H25NO6. The molecule has 3 aromatic carbocycles. The number of ether oxygens (including phenoxy) is 2. The predicted octanol–water partition coefficient (Wildman–Crippen LogP) is 4.48. The maximum absolute atomic E-state index is 13.0. The highest BCUT2D eigenvalue weighted by Crippen LogP contribution is 2.27. The maximum Gasteiger partial charge on any atom is 0.342 e. The molecule has 0 aromatic heterocycles. The Morgan fingerprint density at radius 3 is 2.06 bits per heavy atom. The number of hydrogen-bond acceptors (Lipinski definition) is 6. The Balaban J connectivity index is 1.51. The molecule has 3 aromatic rings. The molecule has 0 spiro atoms. The van der Waals surface area contributed by atoms with E-state index in [1.165, 1.54) is 20.1 Å². The van der Waals surface area contributed by atoms with Crippen molar-refractivity contribution in [2.45, 2.75) is 32.9 Å². The Hall–Kier alpha value is -4.26. The van der Waals surface area contributed by atoms with Gasteiger partial charge in [0.25, 0.3) is 11.8 Å². The SMILES string of the molecule is CCc1ccc(C(=O)C(C)OC(=O)c2cc(CN3C(=O)c4ccccc4C3=O)ccc2OC)cc1. The third-order valence-electron chi connectivity index (χ3n) is 6.00. The van der Waals surface area contributed by atoms with Crippen molar-refractivity contribution in [2.24, 2.45) is 0 Å². The smallest absolute Gasteiger partial charge is 0.342 e. The lowest BCUT2D eigenvalue weighted by atomic mass is 10.0. The molecule has 1 aliphatic rings. The molecule has 7 heteroatoms. The molecular weight excluding hydrogens is 446 g/mol. The number of Topliss-reactive ketones (excluding diaryl/α,β-unsaturated/α-hetero) is 1. The van der Waals surface area contributed by atoms with Gasteiger partial charge >= 0.3 is 5.97 Å². The predicted molar refractivity (Wildman–Crippen MR) is 129 cm³/mol. The Morgan fingerprint density at radius 2 is 1.49 bits per heavy atom. The molecule has 1 unspecified atom stereocenters. The number of ketones is 1. The van der Waals surface area contributed by atoms with E-state index < -0.39 is 12.1 Å². The maximum atomic E-state index is 13.0. The Kier molecular flexibility index (Phi) is 6.78. The molecule has 1 heterocycles. The van der Waals surface area contributed by atoms with Gasteiger partial charge in [-0.15, -0.1) is 0 Å². The first-order valence-corrected chi connectivity index (χ1v) is 11.3. The number of imide groups is 1. The van der Waals surface area contributed by atoms with E-state index in [1.807, 2.05) is 19.1 Å². The van der Waals surface area contributed by atoms with E-state index in [1.54, 1.807) is 48.5 Å². The van der Waals surface area contributed by atoms with Gasteiger partial charge < -0.3 is 9.47 Å². The van der Waals surface area contributed by atoms with Gasteiger partial charge in [-0.2, -0.15) is 0 Å². The van der Waals surface area contributed by atoms with Crippen LogP contribution >= 0.6 is 0 Å². The van der Waals surface area contributed by atoms with E-state index >= 15 is 0 Å². The van der Waals surface area contributed by atoms with Crippen LogP contribution in [-0.2, 0) is 17.7 Å². The van der Waals surface area contributed by atoms with Crippen molar-refractivity contribution < 1.29 is 28.7 Å². The van der Waals surface area contributed by atoms with Crippen molar-refractivity contribution >= 4 is 23.6 Å². The number of aryl methyl sites for hydroxylation is 1. The summed E-state index contributed by atoms with van der Waals surface area (Å²) in [6, 6.07) is 18.6. The first kappa shape index (κ1) is 23.9. The van der Waals surface area contributed by atoms with E-state index in [0.29, 0.717) is 22.3 Å². The van der Waals surface area contributed by atoms with Gasteiger partial charge in [-0.1, -0.05) is 49.4 Å². The first-order valence-electron chi connectivity index (χ1n) is 11.3. The quantitative estimate of drug-likeness (QED) is 0.273. The van der Waals surface area contributed by atoms with Gasteiger partial charge in [-0.05, 0) is 48.7 Å². The normalized spacial score (nSPS) is 13.4. The number of hydrogen-bond donors (Lipinski definition) is 0. The highest BCUT2D eigenvalue weighted by Gasteiger charge is 2.35. The van der Waals surface area contributed by atoms with Crippen LogP contribution in [0.5, 0.6) is 5.75 Å². The molecule has 178 valence electrons. The number of amides is 2. The lowest BCUT2D eigenvalue weighted by Crippen LogP contribution is -2.29. The van der Waals surface area contributed by atoms with Crippen LogP contribution in [0.1, 0.15) is 66.4 Å². The van der Waals surface area contributed by atoms with Crippen LogP contribution in [0.15, 0.2) is 66.7 Å². The third-order valence-corrected chi connectivity index (χ3v) is 6.00. The fraction of sp³-hybridized carbons (Fsp3) is 0.214. The van der Waals surface area contributed by atoms with E-state index in [9.17, 15) is 19.2 Å². The fourth-order valence-electron chi connectivity index (χ4n) is 4.00. The first-order chi connectivity index (χ1) is 16.8. The van der Waals surface area contributed by atoms with E-state index in [-0.39, 0.29) is 35.5 Å². The van der Waals surface area contributed by atoms with Gasteiger partial charge in [-0.25, -0.2) is 4.79 Å². The highest BCUT2D eigenvalue weighted by molar-refractivity contribution is 6.21. The molecule has 0 aliphatic carbocycles. The number of methoxy groups -OCH3 is 1. The van der Waals surface area contributed by atoms with E-state index in [4.69, 9.17) is 9.47 Å². The molecule has 1 atom stereocenters. The average molecular weight is 472 g/mol. The van der Waals surface area contributed by atoms with Gasteiger partial charge in [0.2, 0.25) is 5.78 Å². The monoisotopic (exact) mass is 471 g/mol. The van der Waals surface area contributed by atoms with Crippen LogP contribution in [-0.4, -0.2) is 41.7 Å². The average Bonchev–Trinajstić information content (AvgIpc) is 3.13. The van der Waals surface area contributed by atoms with Crippen molar-refractivity contribution in [1.82, 2.24) is 4.90 Å². The molecule has 35 heavy (non-hydrogen) atoms. The standard InChI is InChI=1S/C28H25NO6/c1-4-18-9-12-20(13-10-18)25(30)17(2)35-28(33)23-15-19(11-14-24(23)34-3)16-29-26(31)21-7-5-6-8-22(21)27(29)32/h5-15,17H,4,16H2,1-3H3. The van der Waals surface area contributed by atoms with Gasteiger partial charge in [0.1, 0.15) is 11.3 Å². The summed E-state index contributed by atoms with van der Waals surface area (Å²) in [5.74, 6) is -1.58. The second-order valence-corrected chi connectivity index (χ2v) is 8.24. The summed E-state index contributed by atoms with van der Waals surface area (Å²) in [6.07, 6.45) is -0.157. The van der Waals surface area contributed by atoms with Gasteiger partial charge in [0.05, 0.1) is 24.8 Å². The summed E-state index contributed by atoms with van der Waals surface area (Å²) in [4.78, 5) is 52.3. The summed E-state index contributed by atoms with van der Waals surface area (Å²) in [5, 5.41) is 0. The highest BCUT2D eigenvalue weighted by atomic mass is 16.5. The minimum atomic E-state index is -1.01. The zero-order chi connectivity index (χ0) is 25.1. The molecule has 4 rings (SSSR count). The van der Waals surface area contributed by atoms with Crippen LogP contribution in [0.2, 0.25) is 0 Å². The molecule has 0 N–H and O–H groups in total. The second-order valence-electron chi connectivity index (χ2n) is 8.24. The number of nitrogens with zero attached hydrogens (tertiary/aromatic N) is 1. The summed E-state index contributed by atoms with van der Waals surface area (Å²) in [6.45, 7) is 3.52. The third kappa shape index (κ3) is 4.71. The number of benzene rings is 3. The van der Waals surface area contributed by atoms with Gasteiger partial charge in [0, 0.05) is 5.56 Å². The Morgan fingerprint density at radius 1 is 0.886 bits per heavy atom. The molecule has 0 fully saturated rings. The molecule has 0 radical (unpaired) electrons. The number of carbonyl (C=O) groups is 4. The van der Waals surface area contributed by atoms with Gasteiger partial charge in [-0.3, -0.25) is 19.3 Å². The molecule has 1 aliphatic heterocycles. The van der Waals surface area contributed by atoms with Crippen LogP contribution < -0.4 is 4.74 Å². The summed E-state index contributed by atoms with van der Waals surface area (Å²) < 4.78 is 10.8. The van der Waals surface area contributed by atoms with Crippen molar-refractivity contribution in [3.8, 4) is 5.75 Å². The minimum Gasteiger partial charge on any atom is -0.496 e. The Bertz CT molecular complexity index is 1280. The topological polar surface area (TPSA) is 90.0 Å². The summed E-state index contributed by atoms with van der Waals surface area (Å²) in [7, 11) is 1.42. The zero-order valence-electron chi connectivity index (χ0n) is 19.7. The largest absolute Gasteiger partial charge is 0.496 e. The second kappa shape index (κ2) is 9.93. The van der Waals surface area contributed by atoms with Crippen molar-refractivity contribution in [1.29, 1.82) is 0 Å². The number of carbonyl (C=O) groups excluding carboxylic acids is 4. The number of rotatable bonds is 8. The molecule has 0 saturated heterocycles. The lowest BCUT2D eigenvalue weighted by Gasteiger charge is -2.17. The van der Waals surface area contributed by atoms with Crippen molar-refractivity contribution in [2.75, 3.05) is 7.11 Å². The van der Waals surface area contributed by atoms with Crippen LogP contribution in [0.4, 0.5) is 0 Å². The van der Waals surface area contributed by atoms with E-state index in [0.717, 1.165) is 16.9 Å². The summed E-state index contributed by atoms with van der Waals surface area (Å²) >= 11 is 0. The number of esters is 1. The van der Waals surface area contributed by atoms with Crippen LogP contribution in [0, 0.1) is 0 Å². The van der Waals surface area contributed by atoms with Crippen molar-refractivity contribution in [3.05, 3.63) is 100 Å².